The summed E-state index contributed by atoms with van der Waals surface area (Å²) in [5.74, 6) is 0.859. The van der Waals surface area contributed by atoms with Gasteiger partial charge in [-0.25, -0.2) is 4.98 Å². The van der Waals surface area contributed by atoms with Gasteiger partial charge in [-0.3, -0.25) is 4.79 Å². The normalized spacial score (nSPS) is 10.7. The number of ether oxygens (including phenoxy) is 2. The van der Waals surface area contributed by atoms with Crippen molar-refractivity contribution in [3.8, 4) is 5.88 Å². The number of nitrogens with zero attached hydrogens (tertiary/aromatic N) is 1. The lowest BCUT2D eigenvalue weighted by Crippen LogP contribution is -2.15. The van der Waals surface area contributed by atoms with Gasteiger partial charge in [0.2, 0.25) is 5.88 Å². The molecule has 0 radical (unpaired) electrons. The average molecular weight is 265 g/mol. The Morgan fingerprint density at radius 2 is 2.00 bits per heavy atom. The molecule has 0 unspecified atom stereocenters. The predicted molar refractivity (Wildman–Crippen MR) is 74.4 cm³/mol. The third-order valence-electron chi connectivity index (χ3n) is 2.71. The zero-order chi connectivity index (χ0) is 14.1. The second-order valence-corrected chi connectivity index (χ2v) is 4.90. The maximum absolute atomic E-state index is 11.3. The van der Waals surface area contributed by atoms with E-state index in [1.807, 2.05) is 32.9 Å². The highest BCUT2D eigenvalue weighted by Crippen LogP contribution is 2.07. The first-order valence-corrected chi connectivity index (χ1v) is 6.75. The number of hydrogen-bond donors (Lipinski definition) is 0. The van der Waals surface area contributed by atoms with E-state index >= 15 is 0 Å². The molecule has 0 saturated carbocycles. The molecule has 0 bridgehead atoms. The van der Waals surface area contributed by atoms with E-state index in [1.165, 1.54) is 0 Å². The molecule has 0 aromatic carbocycles. The summed E-state index contributed by atoms with van der Waals surface area (Å²) in [6.45, 7) is 7.20. The molecule has 19 heavy (non-hydrogen) atoms. The fourth-order valence-electron chi connectivity index (χ4n) is 1.36. The molecule has 1 aromatic rings. The first-order valence-electron chi connectivity index (χ1n) is 6.75. The van der Waals surface area contributed by atoms with Gasteiger partial charge in [-0.2, -0.15) is 0 Å². The molecule has 1 aromatic heterocycles. The molecule has 0 aliphatic heterocycles. The Balaban J connectivity index is 2.00. The SMILES string of the molecule is Cc1ccc(OCCCCOCC(=O)C(C)C)nc1. The Hall–Kier alpha value is -1.42. The highest BCUT2D eigenvalue weighted by atomic mass is 16.5. The lowest BCUT2D eigenvalue weighted by Gasteiger charge is -2.07. The van der Waals surface area contributed by atoms with E-state index in [-0.39, 0.29) is 18.3 Å². The molecular formula is C15H23NO3. The average Bonchev–Trinajstić information content (AvgIpc) is 2.39. The lowest BCUT2D eigenvalue weighted by atomic mass is 10.1. The number of aryl methyl sites for hydroxylation is 1. The summed E-state index contributed by atoms with van der Waals surface area (Å²) in [6.07, 6.45) is 3.57. The van der Waals surface area contributed by atoms with Gasteiger partial charge in [0.05, 0.1) is 6.61 Å². The number of hydrogen-bond acceptors (Lipinski definition) is 4. The van der Waals surface area contributed by atoms with Crippen molar-refractivity contribution in [2.75, 3.05) is 19.8 Å². The fraction of sp³-hybridized carbons (Fsp3) is 0.600. The first kappa shape index (κ1) is 15.6. The van der Waals surface area contributed by atoms with Gasteiger partial charge in [0.25, 0.3) is 0 Å². The van der Waals surface area contributed by atoms with Crippen LogP contribution in [0.4, 0.5) is 0 Å². The smallest absolute Gasteiger partial charge is 0.213 e. The van der Waals surface area contributed by atoms with Gasteiger partial charge in [-0.05, 0) is 25.3 Å². The van der Waals surface area contributed by atoms with Gasteiger partial charge in [0.15, 0.2) is 5.78 Å². The Kier molecular flexibility index (Phi) is 7.11. The minimum absolute atomic E-state index is 0.0518. The fourth-order valence-corrected chi connectivity index (χ4v) is 1.36. The standard InChI is InChI=1S/C15H23NO3/c1-12(2)14(17)11-18-8-4-5-9-19-15-7-6-13(3)10-16-15/h6-7,10,12H,4-5,8-9,11H2,1-3H3. The van der Waals surface area contributed by atoms with E-state index in [4.69, 9.17) is 9.47 Å². The highest BCUT2D eigenvalue weighted by Gasteiger charge is 2.06. The number of unbranched alkanes of at least 4 members (excludes halogenated alkanes) is 1. The van der Waals surface area contributed by atoms with Gasteiger partial charge in [-0.1, -0.05) is 19.9 Å². The summed E-state index contributed by atoms with van der Waals surface area (Å²) >= 11 is 0. The molecule has 0 fully saturated rings. The van der Waals surface area contributed by atoms with Crippen LogP contribution in [0.1, 0.15) is 32.3 Å². The molecule has 0 amide bonds. The van der Waals surface area contributed by atoms with Crippen LogP contribution < -0.4 is 4.74 Å². The molecule has 0 spiro atoms. The monoisotopic (exact) mass is 265 g/mol. The number of rotatable bonds is 9. The van der Waals surface area contributed by atoms with Crippen LogP contribution in [0.3, 0.4) is 0 Å². The summed E-state index contributed by atoms with van der Waals surface area (Å²) < 4.78 is 10.8. The van der Waals surface area contributed by atoms with Gasteiger partial charge in [0.1, 0.15) is 6.61 Å². The minimum atomic E-state index is 0.0518. The third kappa shape index (κ3) is 6.91. The van der Waals surface area contributed by atoms with Gasteiger partial charge in [0, 0.05) is 24.8 Å². The second kappa shape index (κ2) is 8.64. The number of Topliss-reactive ketones (excluding diaryl/α,β-unsaturated/α-hetero) is 1. The minimum Gasteiger partial charge on any atom is -0.478 e. The molecular weight excluding hydrogens is 242 g/mol. The van der Waals surface area contributed by atoms with Crippen LogP contribution in [-0.4, -0.2) is 30.6 Å². The Bertz CT molecular complexity index is 373. The van der Waals surface area contributed by atoms with Crippen molar-refractivity contribution in [3.05, 3.63) is 23.9 Å². The predicted octanol–water partition coefficient (Wildman–Crippen LogP) is 2.79. The third-order valence-corrected chi connectivity index (χ3v) is 2.71. The number of aromatic nitrogens is 1. The zero-order valence-corrected chi connectivity index (χ0v) is 12.0. The molecule has 1 rings (SSSR count). The zero-order valence-electron chi connectivity index (χ0n) is 12.0. The van der Waals surface area contributed by atoms with E-state index < -0.39 is 0 Å². The maximum atomic E-state index is 11.3. The second-order valence-electron chi connectivity index (χ2n) is 4.90. The van der Waals surface area contributed by atoms with Crippen LogP contribution in [0.25, 0.3) is 0 Å². The van der Waals surface area contributed by atoms with Crippen molar-refractivity contribution < 1.29 is 14.3 Å². The topological polar surface area (TPSA) is 48.4 Å². The van der Waals surface area contributed by atoms with Crippen LogP contribution in [-0.2, 0) is 9.53 Å². The summed E-state index contributed by atoms with van der Waals surface area (Å²) in [4.78, 5) is 15.4. The molecule has 106 valence electrons. The molecule has 0 aliphatic carbocycles. The highest BCUT2D eigenvalue weighted by molar-refractivity contribution is 5.81. The van der Waals surface area contributed by atoms with Crippen LogP contribution in [0.5, 0.6) is 5.88 Å². The van der Waals surface area contributed by atoms with Gasteiger partial charge in [-0.15, -0.1) is 0 Å². The summed E-state index contributed by atoms with van der Waals surface area (Å²) in [6, 6.07) is 3.84. The van der Waals surface area contributed by atoms with Crippen molar-refractivity contribution in [3.63, 3.8) is 0 Å². The molecule has 0 aliphatic rings. The van der Waals surface area contributed by atoms with E-state index in [0.29, 0.717) is 19.1 Å². The summed E-state index contributed by atoms with van der Waals surface area (Å²) in [5, 5.41) is 0. The Labute approximate surface area is 115 Å². The molecule has 0 saturated heterocycles. The largest absolute Gasteiger partial charge is 0.478 e. The van der Waals surface area contributed by atoms with E-state index in [2.05, 4.69) is 4.98 Å². The molecule has 1 heterocycles. The summed E-state index contributed by atoms with van der Waals surface area (Å²) in [7, 11) is 0. The first-order chi connectivity index (χ1) is 9.09. The Morgan fingerprint density at radius 3 is 2.63 bits per heavy atom. The molecule has 0 N–H and O–H groups in total. The lowest BCUT2D eigenvalue weighted by molar-refractivity contribution is -0.126. The van der Waals surface area contributed by atoms with Crippen molar-refractivity contribution in [2.45, 2.75) is 33.6 Å². The van der Waals surface area contributed by atoms with Crippen LogP contribution in [0.2, 0.25) is 0 Å². The van der Waals surface area contributed by atoms with Crippen molar-refractivity contribution >= 4 is 5.78 Å². The number of carbonyl (C=O) groups is 1. The quantitative estimate of drug-likeness (QED) is 0.644. The molecule has 4 heteroatoms. The number of ketones is 1. The summed E-state index contributed by atoms with van der Waals surface area (Å²) in [5.41, 5.74) is 1.12. The van der Waals surface area contributed by atoms with Crippen molar-refractivity contribution in [2.24, 2.45) is 5.92 Å². The van der Waals surface area contributed by atoms with Crippen LogP contribution >= 0.6 is 0 Å². The molecule has 0 atom stereocenters. The van der Waals surface area contributed by atoms with Crippen molar-refractivity contribution in [1.82, 2.24) is 4.98 Å². The Morgan fingerprint density at radius 1 is 1.26 bits per heavy atom. The van der Waals surface area contributed by atoms with Gasteiger partial charge >= 0.3 is 0 Å². The molecule has 4 nitrogen and oxygen atoms in total. The van der Waals surface area contributed by atoms with E-state index in [0.717, 1.165) is 18.4 Å². The maximum Gasteiger partial charge on any atom is 0.213 e. The van der Waals surface area contributed by atoms with Crippen LogP contribution in [0, 0.1) is 12.8 Å². The van der Waals surface area contributed by atoms with Crippen LogP contribution in [0.15, 0.2) is 18.3 Å². The van der Waals surface area contributed by atoms with Crippen molar-refractivity contribution in [1.29, 1.82) is 0 Å². The number of pyridine rings is 1. The van der Waals surface area contributed by atoms with E-state index in [9.17, 15) is 4.79 Å². The van der Waals surface area contributed by atoms with E-state index in [1.54, 1.807) is 6.20 Å². The van der Waals surface area contributed by atoms with Gasteiger partial charge < -0.3 is 9.47 Å². The number of carbonyl (C=O) groups excluding carboxylic acids is 1.